The SMILES string of the molecule is Cn1nc(-c2c[nH]c(C(=O)Nc3cccc(F)c3)c2)c2cc(C(F)(F)F)ccc21. The molecule has 0 fully saturated rings. The van der Waals surface area contributed by atoms with Crippen molar-refractivity contribution in [2.24, 2.45) is 7.05 Å². The molecule has 0 bridgehead atoms. The maximum atomic E-state index is 13.3. The van der Waals surface area contributed by atoms with E-state index in [4.69, 9.17) is 0 Å². The first kappa shape index (κ1) is 18.7. The van der Waals surface area contributed by atoms with Crippen molar-refractivity contribution in [2.75, 3.05) is 5.32 Å². The van der Waals surface area contributed by atoms with Crippen LogP contribution in [0.25, 0.3) is 22.2 Å². The van der Waals surface area contributed by atoms with Gasteiger partial charge in [-0.05, 0) is 42.5 Å². The van der Waals surface area contributed by atoms with Crippen LogP contribution in [0.3, 0.4) is 0 Å². The first-order valence-electron chi connectivity index (χ1n) is 8.52. The average molecular weight is 402 g/mol. The highest BCUT2D eigenvalue weighted by molar-refractivity contribution is 6.04. The van der Waals surface area contributed by atoms with Gasteiger partial charge in [-0.2, -0.15) is 18.3 Å². The number of anilines is 1. The quantitative estimate of drug-likeness (QED) is 0.475. The van der Waals surface area contributed by atoms with Crippen molar-refractivity contribution >= 4 is 22.5 Å². The van der Waals surface area contributed by atoms with Crippen LogP contribution < -0.4 is 5.32 Å². The maximum absolute atomic E-state index is 13.3. The van der Waals surface area contributed by atoms with Gasteiger partial charge >= 0.3 is 6.18 Å². The molecule has 0 aliphatic carbocycles. The van der Waals surface area contributed by atoms with Gasteiger partial charge in [0.15, 0.2) is 0 Å². The van der Waals surface area contributed by atoms with Crippen molar-refractivity contribution in [1.82, 2.24) is 14.8 Å². The molecule has 0 saturated carbocycles. The van der Waals surface area contributed by atoms with E-state index in [0.717, 1.165) is 12.1 Å². The molecule has 0 spiro atoms. The molecule has 5 nitrogen and oxygen atoms in total. The number of rotatable bonds is 3. The molecule has 0 aliphatic rings. The summed E-state index contributed by atoms with van der Waals surface area (Å²) >= 11 is 0. The highest BCUT2D eigenvalue weighted by Gasteiger charge is 2.31. The lowest BCUT2D eigenvalue weighted by Crippen LogP contribution is -2.12. The number of carbonyl (C=O) groups is 1. The zero-order chi connectivity index (χ0) is 20.8. The summed E-state index contributed by atoms with van der Waals surface area (Å²) in [6.45, 7) is 0. The number of benzene rings is 2. The van der Waals surface area contributed by atoms with Crippen LogP contribution in [0.5, 0.6) is 0 Å². The third-order valence-corrected chi connectivity index (χ3v) is 4.46. The molecule has 0 radical (unpaired) electrons. The molecule has 2 aromatic carbocycles. The van der Waals surface area contributed by atoms with Gasteiger partial charge in [0.1, 0.15) is 17.2 Å². The molecular weight excluding hydrogens is 388 g/mol. The van der Waals surface area contributed by atoms with E-state index in [1.165, 1.54) is 47.3 Å². The number of aryl methyl sites for hydroxylation is 1. The molecule has 4 aromatic rings. The number of halogens is 4. The van der Waals surface area contributed by atoms with Crippen LogP contribution in [0, 0.1) is 5.82 Å². The second kappa shape index (κ2) is 6.77. The summed E-state index contributed by atoms with van der Waals surface area (Å²) < 4.78 is 54.0. The smallest absolute Gasteiger partial charge is 0.357 e. The van der Waals surface area contributed by atoms with Crippen molar-refractivity contribution in [3.63, 3.8) is 0 Å². The number of amides is 1. The van der Waals surface area contributed by atoms with Gasteiger partial charge in [0.2, 0.25) is 0 Å². The Bertz CT molecular complexity index is 1220. The number of nitrogens with zero attached hydrogens (tertiary/aromatic N) is 2. The summed E-state index contributed by atoms with van der Waals surface area (Å²) in [5.74, 6) is -1.01. The van der Waals surface area contributed by atoms with E-state index in [-0.39, 0.29) is 11.4 Å². The Balaban J connectivity index is 1.69. The lowest BCUT2D eigenvalue weighted by molar-refractivity contribution is -0.137. The molecular formula is C20H14F4N4O. The Labute approximate surface area is 162 Å². The fourth-order valence-corrected chi connectivity index (χ4v) is 3.08. The summed E-state index contributed by atoms with van der Waals surface area (Å²) in [5, 5.41) is 7.17. The number of hydrogen-bond donors (Lipinski definition) is 2. The molecule has 29 heavy (non-hydrogen) atoms. The van der Waals surface area contributed by atoms with Gasteiger partial charge in [-0.15, -0.1) is 0 Å². The molecule has 4 rings (SSSR count). The predicted molar refractivity (Wildman–Crippen MR) is 99.9 cm³/mol. The van der Waals surface area contributed by atoms with Crippen molar-refractivity contribution in [3.8, 4) is 11.3 Å². The molecule has 2 aromatic heterocycles. The predicted octanol–water partition coefficient (Wildman–Crippen LogP) is 4.98. The molecule has 148 valence electrons. The molecule has 2 heterocycles. The number of aromatic nitrogens is 3. The zero-order valence-corrected chi connectivity index (χ0v) is 15.0. The van der Waals surface area contributed by atoms with E-state index >= 15 is 0 Å². The molecule has 0 unspecified atom stereocenters. The minimum atomic E-state index is -4.48. The van der Waals surface area contributed by atoms with Crippen molar-refractivity contribution in [1.29, 1.82) is 0 Å². The van der Waals surface area contributed by atoms with Crippen LogP contribution in [-0.4, -0.2) is 20.7 Å². The Morgan fingerprint density at radius 1 is 1.14 bits per heavy atom. The second-order valence-corrected chi connectivity index (χ2v) is 6.47. The van der Waals surface area contributed by atoms with Gasteiger partial charge in [-0.25, -0.2) is 4.39 Å². The summed E-state index contributed by atoms with van der Waals surface area (Å²) in [6, 6.07) is 10.3. The standard InChI is InChI=1S/C20H14F4N4O/c1-28-17-6-5-12(20(22,23)24)8-15(17)18(27-28)11-7-16(25-10-11)19(29)26-14-4-2-3-13(21)9-14/h2-10,25H,1H3,(H,26,29). The van der Waals surface area contributed by atoms with E-state index in [9.17, 15) is 22.4 Å². The molecule has 9 heteroatoms. The fourth-order valence-electron chi connectivity index (χ4n) is 3.08. The van der Waals surface area contributed by atoms with E-state index in [2.05, 4.69) is 15.4 Å². The van der Waals surface area contributed by atoms with Gasteiger partial charge in [0, 0.05) is 29.9 Å². The third kappa shape index (κ3) is 3.58. The minimum absolute atomic E-state index is 0.162. The van der Waals surface area contributed by atoms with Gasteiger partial charge in [-0.1, -0.05) is 6.07 Å². The van der Waals surface area contributed by atoms with Crippen molar-refractivity contribution in [3.05, 3.63) is 71.8 Å². The Kier molecular flexibility index (Phi) is 4.37. The number of fused-ring (bicyclic) bond motifs is 1. The molecule has 1 amide bonds. The first-order chi connectivity index (χ1) is 13.7. The molecule has 0 aliphatic heterocycles. The number of alkyl halides is 3. The normalized spacial score (nSPS) is 11.8. The van der Waals surface area contributed by atoms with Crippen LogP contribution in [-0.2, 0) is 13.2 Å². The van der Waals surface area contributed by atoms with E-state index in [1.807, 2.05) is 0 Å². The number of carbonyl (C=O) groups excluding carboxylic acids is 1. The summed E-state index contributed by atoms with van der Waals surface area (Å²) in [7, 11) is 1.63. The summed E-state index contributed by atoms with van der Waals surface area (Å²) in [6.07, 6.45) is -2.99. The summed E-state index contributed by atoms with van der Waals surface area (Å²) in [5.41, 5.74) is 0.965. The molecule has 0 saturated heterocycles. The van der Waals surface area contributed by atoms with Crippen LogP contribution in [0.2, 0.25) is 0 Å². The Morgan fingerprint density at radius 2 is 1.93 bits per heavy atom. The maximum Gasteiger partial charge on any atom is 0.416 e. The van der Waals surface area contributed by atoms with Crippen molar-refractivity contribution in [2.45, 2.75) is 6.18 Å². The van der Waals surface area contributed by atoms with E-state index in [0.29, 0.717) is 22.2 Å². The highest BCUT2D eigenvalue weighted by Crippen LogP contribution is 2.35. The van der Waals surface area contributed by atoms with Gasteiger partial charge in [0.25, 0.3) is 5.91 Å². The monoisotopic (exact) mass is 402 g/mol. The number of nitrogens with one attached hydrogen (secondary N) is 2. The van der Waals surface area contributed by atoms with E-state index < -0.39 is 23.5 Å². The number of aromatic amines is 1. The average Bonchev–Trinajstić information content (AvgIpc) is 3.26. The van der Waals surface area contributed by atoms with Gasteiger partial charge in [0.05, 0.1) is 11.1 Å². The molecule has 2 N–H and O–H groups in total. The fraction of sp³-hybridized carbons (Fsp3) is 0.100. The van der Waals surface area contributed by atoms with Crippen LogP contribution in [0.4, 0.5) is 23.2 Å². The van der Waals surface area contributed by atoms with Gasteiger partial charge < -0.3 is 10.3 Å². The van der Waals surface area contributed by atoms with Crippen LogP contribution >= 0.6 is 0 Å². The van der Waals surface area contributed by atoms with Crippen LogP contribution in [0.1, 0.15) is 16.1 Å². The van der Waals surface area contributed by atoms with Crippen LogP contribution in [0.15, 0.2) is 54.7 Å². The summed E-state index contributed by atoms with van der Waals surface area (Å²) in [4.78, 5) is 15.2. The first-order valence-corrected chi connectivity index (χ1v) is 8.52. The van der Waals surface area contributed by atoms with Gasteiger partial charge in [-0.3, -0.25) is 9.48 Å². The highest BCUT2D eigenvalue weighted by atomic mass is 19.4. The lowest BCUT2D eigenvalue weighted by atomic mass is 10.1. The topological polar surface area (TPSA) is 62.7 Å². The number of hydrogen-bond acceptors (Lipinski definition) is 2. The Morgan fingerprint density at radius 3 is 2.66 bits per heavy atom. The third-order valence-electron chi connectivity index (χ3n) is 4.46. The lowest BCUT2D eigenvalue weighted by Gasteiger charge is -2.06. The second-order valence-electron chi connectivity index (χ2n) is 6.47. The minimum Gasteiger partial charge on any atom is -0.357 e. The number of H-pyrrole nitrogens is 1. The van der Waals surface area contributed by atoms with Crippen molar-refractivity contribution < 1.29 is 22.4 Å². The zero-order valence-electron chi connectivity index (χ0n) is 15.0. The largest absolute Gasteiger partial charge is 0.416 e. The van der Waals surface area contributed by atoms with E-state index in [1.54, 1.807) is 7.05 Å². The molecule has 0 atom stereocenters. The Hall–Kier alpha value is -3.62.